The van der Waals surface area contributed by atoms with Gasteiger partial charge in [0, 0.05) is 6.54 Å². The van der Waals surface area contributed by atoms with E-state index in [9.17, 15) is 0 Å². The number of nitrogens with two attached hydrogens (primary N) is 1. The first kappa shape index (κ1) is 23.4. The minimum Gasteiger partial charge on any atom is -0.384 e. The molecule has 0 aliphatic carbocycles. The van der Waals surface area contributed by atoms with Gasteiger partial charge in [0.2, 0.25) is 0 Å². The molecule has 0 spiro atoms. The molecule has 3 heteroatoms. The van der Waals surface area contributed by atoms with Gasteiger partial charge in [-0.1, -0.05) is 70.1 Å². The number of rotatable bonds is 13. The highest BCUT2D eigenvalue weighted by Gasteiger charge is 2.20. The monoisotopic (exact) mass is 371 g/mol. The number of aliphatic imine (C=N–C) groups is 1. The summed E-state index contributed by atoms with van der Waals surface area (Å²) in [7, 11) is 0. The summed E-state index contributed by atoms with van der Waals surface area (Å²) in [4.78, 5) is 6.99. The zero-order chi connectivity index (χ0) is 20.1. The van der Waals surface area contributed by atoms with Crippen LogP contribution in [0, 0.1) is 11.8 Å². The molecule has 27 heavy (non-hydrogen) atoms. The molecule has 1 heterocycles. The van der Waals surface area contributed by atoms with Gasteiger partial charge in [-0.2, -0.15) is 0 Å². The molecule has 2 N–H and O–H groups in total. The summed E-state index contributed by atoms with van der Waals surface area (Å²) in [5, 5.41) is 0. The molecule has 0 aromatic rings. The Hall–Kier alpha value is -1.61. The Bertz CT molecular complexity index is 542. The van der Waals surface area contributed by atoms with Gasteiger partial charge in [0.15, 0.2) is 0 Å². The first-order chi connectivity index (χ1) is 12.9. The van der Waals surface area contributed by atoms with E-state index >= 15 is 0 Å². The van der Waals surface area contributed by atoms with Crippen LogP contribution in [0.4, 0.5) is 0 Å². The van der Waals surface area contributed by atoms with Gasteiger partial charge < -0.3 is 10.6 Å². The second-order valence-electron chi connectivity index (χ2n) is 7.99. The summed E-state index contributed by atoms with van der Waals surface area (Å²) in [6.07, 6.45) is 16.1. The van der Waals surface area contributed by atoms with Gasteiger partial charge in [-0.25, -0.2) is 0 Å². The van der Waals surface area contributed by atoms with Crippen LogP contribution < -0.4 is 5.73 Å². The zero-order valence-corrected chi connectivity index (χ0v) is 17.9. The van der Waals surface area contributed by atoms with Gasteiger partial charge >= 0.3 is 0 Å². The summed E-state index contributed by atoms with van der Waals surface area (Å²) in [6, 6.07) is 0. The maximum atomic E-state index is 6.01. The SMILES string of the molecule is C=C(C)/C=C\C(=C)CN=C(N)/C=C/C1CCN(CCCC(CC)CCC)C1. The summed E-state index contributed by atoms with van der Waals surface area (Å²) < 4.78 is 0. The van der Waals surface area contributed by atoms with Crippen LogP contribution >= 0.6 is 0 Å². The average Bonchev–Trinajstić information content (AvgIpc) is 3.10. The van der Waals surface area contributed by atoms with Gasteiger partial charge in [-0.05, 0) is 62.8 Å². The fourth-order valence-electron chi connectivity index (χ4n) is 3.58. The zero-order valence-electron chi connectivity index (χ0n) is 17.9. The second kappa shape index (κ2) is 13.5. The molecule has 2 atom stereocenters. The second-order valence-corrected chi connectivity index (χ2v) is 7.99. The number of nitrogens with zero attached hydrogens (tertiary/aromatic N) is 2. The van der Waals surface area contributed by atoms with Crippen LogP contribution in [0.15, 0.2) is 53.6 Å². The van der Waals surface area contributed by atoms with Gasteiger partial charge in [0.05, 0.1) is 6.54 Å². The van der Waals surface area contributed by atoms with Gasteiger partial charge in [0.1, 0.15) is 5.84 Å². The average molecular weight is 372 g/mol. The molecule has 152 valence electrons. The van der Waals surface area contributed by atoms with Gasteiger partial charge in [-0.15, -0.1) is 0 Å². The summed E-state index contributed by atoms with van der Waals surface area (Å²) in [5.74, 6) is 2.11. The van der Waals surface area contributed by atoms with E-state index in [1.165, 1.54) is 51.6 Å². The standard InChI is InChI=1S/C24H41N3/c1-6-9-22(7-2)10-8-16-27-17-15-23(19-27)13-14-24(25)26-18-21(5)12-11-20(3)4/h11-14,22-23H,3,5-10,15-19H2,1-2,4H3,(H2,25,26)/b12-11-,14-13+. The lowest BCUT2D eigenvalue weighted by molar-refractivity contribution is 0.303. The minimum atomic E-state index is 0.535. The lowest BCUT2D eigenvalue weighted by atomic mass is 9.95. The molecule has 2 unspecified atom stereocenters. The third-order valence-electron chi connectivity index (χ3n) is 5.28. The third-order valence-corrected chi connectivity index (χ3v) is 5.28. The lowest BCUT2D eigenvalue weighted by Gasteiger charge is -2.18. The highest BCUT2D eigenvalue weighted by atomic mass is 15.1. The smallest absolute Gasteiger partial charge is 0.118 e. The Balaban J connectivity index is 2.30. The molecule has 3 nitrogen and oxygen atoms in total. The van der Waals surface area contributed by atoms with Gasteiger partial charge in [0.25, 0.3) is 0 Å². The normalized spacial score (nSPS) is 20.0. The van der Waals surface area contributed by atoms with E-state index in [0.29, 0.717) is 18.3 Å². The highest BCUT2D eigenvalue weighted by Crippen LogP contribution is 2.21. The summed E-state index contributed by atoms with van der Waals surface area (Å²) in [6.45, 7) is 18.5. The molecule has 0 amide bonds. The van der Waals surface area contributed by atoms with Crippen molar-refractivity contribution in [2.75, 3.05) is 26.2 Å². The van der Waals surface area contributed by atoms with E-state index in [2.05, 4.69) is 43.0 Å². The molecule has 0 saturated carbocycles. The Morgan fingerprint density at radius 1 is 1.22 bits per heavy atom. The van der Waals surface area contributed by atoms with Crippen molar-refractivity contribution < 1.29 is 0 Å². The van der Waals surface area contributed by atoms with Crippen LogP contribution in [-0.4, -0.2) is 36.9 Å². The third kappa shape index (κ3) is 11.0. The van der Waals surface area contributed by atoms with E-state index in [4.69, 9.17) is 5.73 Å². The Kier molecular flexibility index (Phi) is 11.8. The van der Waals surface area contributed by atoms with E-state index in [1.54, 1.807) is 0 Å². The quantitative estimate of drug-likeness (QED) is 0.263. The van der Waals surface area contributed by atoms with E-state index < -0.39 is 0 Å². The molecule has 1 fully saturated rings. The predicted octanol–water partition coefficient (Wildman–Crippen LogP) is 5.52. The Labute approximate surface area is 167 Å². The van der Waals surface area contributed by atoms with Crippen molar-refractivity contribution in [3.63, 3.8) is 0 Å². The molecule has 0 aromatic carbocycles. The van der Waals surface area contributed by atoms with Crippen molar-refractivity contribution in [1.29, 1.82) is 0 Å². The largest absolute Gasteiger partial charge is 0.384 e. The molecule has 0 bridgehead atoms. The van der Waals surface area contributed by atoms with Crippen LogP contribution in [0.2, 0.25) is 0 Å². The van der Waals surface area contributed by atoms with Crippen molar-refractivity contribution in [3.8, 4) is 0 Å². The highest BCUT2D eigenvalue weighted by molar-refractivity contribution is 5.91. The molecule has 0 aromatic heterocycles. The molecule has 1 aliphatic heterocycles. The van der Waals surface area contributed by atoms with Crippen LogP contribution in [-0.2, 0) is 0 Å². The van der Waals surface area contributed by atoms with E-state index in [1.807, 2.05) is 25.2 Å². The maximum Gasteiger partial charge on any atom is 0.118 e. The van der Waals surface area contributed by atoms with Gasteiger partial charge in [-0.3, -0.25) is 4.99 Å². The first-order valence-corrected chi connectivity index (χ1v) is 10.7. The van der Waals surface area contributed by atoms with E-state index in [-0.39, 0.29) is 0 Å². The fourth-order valence-corrected chi connectivity index (χ4v) is 3.58. The number of likely N-dealkylation sites (tertiary alicyclic amines) is 1. The van der Waals surface area contributed by atoms with Crippen molar-refractivity contribution in [2.24, 2.45) is 22.6 Å². The van der Waals surface area contributed by atoms with E-state index in [0.717, 1.165) is 23.6 Å². The first-order valence-electron chi connectivity index (χ1n) is 10.7. The van der Waals surface area contributed by atoms with Crippen molar-refractivity contribution in [3.05, 3.63) is 48.6 Å². The number of hydrogen-bond donors (Lipinski definition) is 1. The molecule has 1 aliphatic rings. The fraction of sp³-hybridized carbons (Fsp3) is 0.625. The predicted molar refractivity (Wildman–Crippen MR) is 121 cm³/mol. The number of hydrogen-bond acceptors (Lipinski definition) is 2. The molecule has 1 saturated heterocycles. The van der Waals surface area contributed by atoms with Crippen molar-refractivity contribution in [2.45, 2.75) is 59.3 Å². The summed E-state index contributed by atoms with van der Waals surface area (Å²) in [5.41, 5.74) is 7.96. The van der Waals surface area contributed by atoms with Crippen LogP contribution in [0.1, 0.15) is 59.3 Å². The Morgan fingerprint density at radius 3 is 2.67 bits per heavy atom. The van der Waals surface area contributed by atoms with Crippen molar-refractivity contribution in [1.82, 2.24) is 4.90 Å². The molecule has 1 rings (SSSR count). The topological polar surface area (TPSA) is 41.6 Å². The minimum absolute atomic E-state index is 0.535. The molecular weight excluding hydrogens is 330 g/mol. The number of amidine groups is 1. The maximum absolute atomic E-state index is 6.01. The van der Waals surface area contributed by atoms with Crippen LogP contribution in [0.25, 0.3) is 0 Å². The molecule has 0 radical (unpaired) electrons. The molecular formula is C24H41N3. The Morgan fingerprint density at radius 2 is 2.00 bits per heavy atom. The van der Waals surface area contributed by atoms with Crippen molar-refractivity contribution >= 4 is 5.84 Å². The lowest BCUT2D eigenvalue weighted by Crippen LogP contribution is -2.22. The van der Waals surface area contributed by atoms with Crippen LogP contribution in [0.5, 0.6) is 0 Å². The summed E-state index contributed by atoms with van der Waals surface area (Å²) >= 11 is 0. The number of allylic oxidation sites excluding steroid dienone is 2. The van der Waals surface area contributed by atoms with Crippen LogP contribution in [0.3, 0.4) is 0 Å².